The molecule has 1 N–H and O–H groups in total. The summed E-state index contributed by atoms with van der Waals surface area (Å²) in [6.07, 6.45) is 1.44. The van der Waals surface area contributed by atoms with Crippen LogP contribution in [-0.4, -0.2) is 37.4 Å². The van der Waals surface area contributed by atoms with Crippen LogP contribution >= 0.6 is 11.3 Å². The van der Waals surface area contributed by atoms with Crippen molar-refractivity contribution >= 4 is 32.2 Å². The second kappa shape index (κ2) is 9.15. The average molecular weight is 432 g/mol. The van der Waals surface area contributed by atoms with Crippen molar-refractivity contribution in [1.29, 1.82) is 0 Å². The highest BCUT2D eigenvalue weighted by Gasteiger charge is 2.20. The number of benzene rings is 2. The van der Waals surface area contributed by atoms with E-state index in [1.807, 2.05) is 31.2 Å². The molecule has 2 aromatic carbocycles. The van der Waals surface area contributed by atoms with Crippen LogP contribution in [0.15, 0.2) is 53.4 Å². The summed E-state index contributed by atoms with van der Waals surface area (Å²) in [5.41, 5.74) is 2.08. The topological polar surface area (TPSA) is 98.2 Å². The lowest BCUT2D eigenvalue weighted by atomic mass is 10.1. The number of carbonyl (C=O) groups is 1. The van der Waals surface area contributed by atoms with E-state index in [-0.39, 0.29) is 4.90 Å². The maximum Gasteiger partial charge on any atom is 0.241 e. The number of hydrogen-bond donors (Lipinski definition) is 1. The first-order valence-corrected chi connectivity index (χ1v) is 11.4. The molecule has 0 saturated heterocycles. The summed E-state index contributed by atoms with van der Waals surface area (Å²) in [6, 6.07) is 14.2. The lowest BCUT2D eigenvalue weighted by molar-refractivity contribution is -0.113. The minimum Gasteiger partial charge on any atom is -0.497 e. The average Bonchev–Trinajstić information content (AvgIpc) is 3.13. The number of nitrogens with one attached hydrogen (secondary N) is 1. The Bertz CT molecular complexity index is 1080. The van der Waals surface area contributed by atoms with Crippen molar-refractivity contribution in [3.05, 3.63) is 64.7 Å². The molecule has 3 aromatic rings. The van der Waals surface area contributed by atoms with E-state index in [0.717, 1.165) is 28.3 Å². The number of sulfone groups is 1. The molecule has 1 aromatic heterocycles. The van der Waals surface area contributed by atoms with Crippen molar-refractivity contribution in [3.8, 4) is 5.75 Å². The molecule has 0 aliphatic rings. The van der Waals surface area contributed by atoms with Crippen LogP contribution in [0.2, 0.25) is 0 Å². The lowest BCUT2D eigenvalue weighted by Crippen LogP contribution is -2.23. The van der Waals surface area contributed by atoms with Crippen LogP contribution in [0.1, 0.15) is 16.1 Å². The van der Waals surface area contributed by atoms with Crippen molar-refractivity contribution in [2.45, 2.75) is 24.7 Å². The zero-order valence-corrected chi connectivity index (χ0v) is 17.7. The Morgan fingerprint density at radius 3 is 2.38 bits per heavy atom. The first kappa shape index (κ1) is 20.9. The van der Waals surface area contributed by atoms with Gasteiger partial charge in [0.25, 0.3) is 0 Å². The van der Waals surface area contributed by atoms with Gasteiger partial charge < -0.3 is 4.74 Å². The Morgan fingerprint density at radius 2 is 1.72 bits per heavy atom. The van der Waals surface area contributed by atoms with Crippen LogP contribution in [0.4, 0.5) is 5.13 Å². The van der Waals surface area contributed by atoms with Gasteiger partial charge in [-0.2, -0.15) is 0 Å². The molecule has 1 amide bonds. The highest BCUT2D eigenvalue weighted by atomic mass is 32.2. The molecule has 152 valence electrons. The molecule has 0 aliphatic carbocycles. The Morgan fingerprint density at radius 1 is 1.03 bits per heavy atom. The van der Waals surface area contributed by atoms with Crippen LogP contribution in [0.25, 0.3) is 0 Å². The molecule has 0 aliphatic heterocycles. The molecule has 7 nitrogen and oxygen atoms in total. The van der Waals surface area contributed by atoms with E-state index in [0.29, 0.717) is 11.6 Å². The highest BCUT2D eigenvalue weighted by molar-refractivity contribution is 7.92. The maximum atomic E-state index is 12.4. The van der Waals surface area contributed by atoms with Gasteiger partial charge in [-0.3, -0.25) is 10.1 Å². The molecule has 0 unspecified atom stereocenters. The van der Waals surface area contributed by atoms with E-state index < -0.39 is 21.5 Å². The molecule has 29 heavy (non-hydrogen) atoms. The van der Waals surface area contributed by atoms with Crippen LogP contribution in [0.3, 0.4) is 0 Å². The standard InChI is InChI=1S/C20H21N3O4S2/c1-14-3-10-17(11-4-14)29(25,26)13-18(24)21-20-23-22-19(28-20)12-7-15-5-8-16(27-2)9-6-15/h3-6,8-11H,7,12-13H2,1-2H3,(H,21,23,24). The molecule has 1 heterocycles. The van der Waals surface area contributed by atoms with Crippen molar-refractivity contribution in [3.63, 3.8) is 0 Å². The van der Waals surface area contributed by atoms with Crippen molar-refractivity contribution in [2.24, 2.45) is 0 Å². The highest BCUT2D eigenvalue weighted by Crippen LogP contribution is 2.19. The first-order valence-electron chi connectivity index (χ1n) is 8.90. The monoisotopic (exact) mass is 431 g/mol. The summed E-state index contributed by atoms with van der Waals surface area (Å²) in [4.78, 5) is 12.3. The Labute approximate surface area is 173 Å². The van der Waals surface area contributed by atoms with Crippen molar-refractivity contribution < 1.29 is 17.9 Å². The number of hydrogen-bond acceptors (Lipinski definition) is 7. The Balaban J connectivity index is 1.54. The third-order valence-electron chi connectivity index (χ3n) is 4.20. The number of rotatable bonds is 8. The molecule has 0 radical (unpaired) electrons. The fourth-order valence-corrected chi connectivity index (χ4v) is 4.50. The van der Waals surface area contributed by atoms with E-state index in [9.17, 15) is 13.2 Å². The number of aryl methyl sites for hydroxylation is 3. The maximum absolute atomic E-state index is 12.4. The van der Waals surface area contributed by atoms with Gasteiger partial charge in [-0.1, -0.05) is 41.2 Å². The Kier molecular flexibility index (Phi) is 6.60. The molecule has 0 atom stereocenters. The molecule has 0 saturated carbocycles. The fourth-order valence-electron chi connectivity index (χ4n) is 2.61. The van der Waals surface area contributed by atoms with Gasteiger partial charge in [0.15, 0.2) is 9.84 Å². The number of aromatic nitrogens is 2. The molecular weight excluding hydrogens is 410 g/mol. The van der Waals surface area contributed by atoms with Gasteiger partial charge in [0.2, 0.25) is 11.0 Å². The molecule has 0 bridgehead atoms. The zero-order chi connectivity index (χ0) is 20.9. The largest absolute Gasteiger partial charge is 0.497 e. The van der Waals surface area contributed by atoms with Gasteiger partial charge in [-0.15, -0.1) is 10.2 Å². The van der Waals surface area contributed by atoms with Crippen molar-refractivity contribution in [2.75, 3.05) is 18.2 Å². The summed E-state index contributed by atoms with van der Waals surface area (Å²) < 4.78 is 29.8. The van der Waals surface area contributed by atoms with Crippen molar-refractivity contribution in [1.82, 2.24) is 10.2 Å². The number of amides is 1. The summed E-state index contributed by atoms with van der Waals surface area (Å²) in [5.74, 6) is -0.477. The van der Waals surface area contributed by atoms with Gasteiger partial charge >= 0.3 is 0 Å². The van der Waals surface area contributed by atoms with Crippen LogP contribution in [-0.2, 0) is 27.5 Å². The van der Waals surface area contributed by atoms with Crippen LogP contribution in [0.5, 0.6) is 5.75 Å². The predicted octanol–water partition coefficient (Wildman–Crippen LogP) is 3.05. The molecule has 9 heteroatoms. The Hall–Kier alpha value is -2.78. The molecule has 0 fully saturated rings. The fraction of sp³-hybridized carbons (Fsp3) is 0.250. The summed E-state index contributed by atoms with van der Waals surface area (Å²) >= 11 is 1.24. The van der Waals surface area contributed by atoms with Gasteiger partial charge in [-0.05, 0) is 43.2 Å². The van der Waals surface area contributed by atoms with Crippen LogP contribution < -0.4 is 10.1 Å². The van der Waals surface area contributed by atoms with E-state index >= 15 is 0 Å². The molecular formula is C20H21N3O4S2. The van der Waals surface area contributed by atoms with E-state index in [4.69, 9.17) is 4.74 Å². The number of carbonyl (C=O) groups excluding carboxylic acids is 1. The summed E-state index contributed by atoms with van der Waals surface area (Å²) in [5, 5.41) is 11.6. The molecule has 0 spiro atoms. The quantitative estimate of drug-likeness (QED) is 0.589. The van der Waals surface area contributed by atoms with E-state index in [2.05, 4.69) is 15.5 Å². The van der Waals surface area contributed by atoms with Gasteiger partial charge in [0.1, 0.15) is 16.5 Å². The predicted molar refractivity (Wildman–Crippen MR) is 112 cm³/mol. The van der Waals surface area contributed by atoms with Crippen LogP contribution in [0, 0.1) is 6.92 Å². The third-order valence-corrected chi connectivity index (χ3v) is 6.73. The smallest absolute Gasteiger partial charge is 0.241 e. The van der Waals surface area contributed by atoms with Gasteiger partial charge in [0, 0.05) is 6.42 Å². The molecule has 3 rings (SSSR count). The minimum absolute atomic E-state index is 0.121. The lowest BCUT2D eigenvalue weighted by Gasteiger charge is -2.04. The number of anilines is 1. The third kappa shape index (κ3) is 5.85. The van der Waals surface area contributed by atoms with Gasteiger partial charge in [-0.25, -0.2) is 8.42 Å². The van der Waals surface area contributed by atoms with E-state index in [1.54, 1.807) is 19.2 Å². The van der Waals surface area contributed by atoms with Gasteiger partial charge in [0.05, 0.1) is 12.0 Å². The number of ether oxygens (including phenoxy) is 1. The summed E-state index contributed by atoms with van der Waals surface area (Å²) in [7, 11) is -2.08. The number of nitrogens with zero attached hydrogens (tertiary/aromatic N) is 2. The second-order valence-electron chi connectivity index (χ2n) is 6.47. The normalized spacial score (nSPS) is 11.2. The first-order chi connectivity index (χ1) is 13.9. The number of methoxy groups -OCH3 is 1. The SMILES string of the molecule is COc1ccc(CCc2nnc(NC(=O)CS(=O)(=O)c3ccc(C)cc3)s2)cc1. The van der Waals surface area contributed by atoms with E-state index in [1.165, 1.54) is 23.5 Å². The second-order valence-corrected chi connectivity index (χ2v) is 9.52. The summed E-state index contributed by atoms with van der Waals surface area (Å²) in [6.45, 7) is 1.87. The zero-order valence-electron chi connectivity index (χ0n) is 16.1. The minimum atomic E-state index is -3.71.